The molecule has 4 heteroatoms. The second-order valence-corrected chi connectivity index (χ2v) is 6.65. The maximum Gasteiger partial charge on any atom is 0.127 e. The third-order valence-electron chi connectivity index (χ3n) is 4.27. The third-order valence-corrected chi connectivity index (χ3v) is 5.26. The van der Waals surface area contributed by atoms with Crippen LogP contribution in [0.5, 0.6) is 0 Å². The molecule has 0 saturated carbocycles. The van der Waals surface area contributed by atoms with Gasteiger partial charge in [-0.15, -0.1) is 11.3 Å². The maximum absolute atomic E-state index is 14.1. The summed E-state index contributed by atoms with van der Waals surface area (Å²) >= 11 is 1.84. The van der Waals surface area contributed by atoms with E-state index in [4.69, 9.17) is 0 Å². The first kappa shape index (κ1) is 14.7. The number of hydrogen-bond acceptors (Lipinski definition) is 3. The number of benzene rings is 1. The number of nitrogens with zero attached hydrogens (tertiary/aromatic N) is 1. The summed E-state index contributed by atoms with van der Waals surface area (Å²) in [6.45, 7) is 4.68. The third kappa shape index (κ3) is 3.03. The number of thiophene rings is 1. The highest BCUT2D eigenvalue weighted by Gasteiger charge is 2.25. The molecule has 0 amide bonds. The lowest BCUT2D eigenvalue weighted by Gasteiger charge is -2.33. The van der Waals surface area contributed by atoms with Crippen LogP contribution in [0, 0.1) is 5.82 Å². The monoisotopic (exact) mass is 304 g/mol. The van der Waals surface area contributed by atoms with E-state index < -0.39 is 0 Å². The van der Waals surface area contributed by atoms with Gasteiger partial charge in [0.15, 0.2) is 0 Å². The largest absolute Gasteiger partial charge is 0.316 e. The molecule has 2 aromatic rings. The van der Waals surface area contributed by atoms with Crippen LogP contribution in [0.15, 0.2) is 29.6 Å². The molecule has 0 fully saturated rings. The SMILES string of the molecule is CNCc1ccc(F)c(CN2CCc3sccc3C2C)c1. The minimum absolute atomic E-state index is 0.0989. The van der Waals surface area contributed by atoms with Gasteiger partial charge in [0.1, 0.15) is 5.82 Å². The highest BCUT2D eigenvalue weighted by Crippen LogP contribution is 2.33. The van der Waals surface area contributed by atoms with Crippen LogP contribution in [0.2, 0.25) is 0 Å². The Balaban J connectivity index is 1.79. The molecule has 0 aliphatic carbocycles. The summed E-state index contributed by atoms with van der Waals surface area (Å²) < 4.78 is 14.1. The molecule has 0 saturated heterocycles. The van der Waals surface area contributed by atoms with Crippen molar-refractivity contribution in [2.45, 2.75) is 32.5 Å². The molecule has 1 N–H and O–H groups in total. The van der Waals surface area contributed by atoms with Gasteiger partial charge in [0.05, 0.1) is 0 Å². The van der Waals surface area contributed by atoms with E-state index in [1.54, 1.807) is 6.07 Å². The molecule has 112 valence electrons. The fraction of sp³-hybridized carbons (Fsp3) is 0.412. The lowest BCUT2D eigenvalue weighted by Crippen LogP contribution is -2.33. The standard InChI is InChI=1S/C17H21FN2S/c1-12-15-6-8-21-17(15)5-7-20(12)11-14-9-13(10-19-2)3-4-16(14)18/h3-4,6,8-9,12,19H,5,7,10-11H2,1-2H3. The number of nitrogens with one attached hydrogen (secondary N) is 1. The summed E-state index contributed by atoms with van der Waals surface area (Å²) in [6, 6.07) is 8.01. The van der Waals surface area contributed by atoms with Gasteiger partial charge in [0, 0.05) is 36.1 Å². The van der Waals surface area contributed by atoms with E-state index in [0.717, 1.165) is 30.6 Å². The summed E-state index contributed by atoms with van der Waals surface area (Å²) in [7, 11) is 1.91. The number of fused-ring (bicyclic) bond motifs is 1. The van der Waals surface area contributed by atoms with Crippen molar-refractivity contribution in [3.8, 4) is 0 Å². The van der Waals surface area contributed by atoms with Gasteiger partial charge < -0.3 is 5.32 Å². The molecule has 1 unspecified atom stereocenters. The zero-order chi connectivity index (χ0) is 14.8. The molecule has 1 aliphatic heterocycles. The molecular weight excluding hydrogens is 283 g/mol. The van der Waals surface area contributed by atoms with Crippen LogP contribution < -0.4 is 5.32 Å². The summed E-state index contributed by atoms with van der Waals surface area (Å²) in [5.41, 5.74) is 3.35. The average molecular weight is 304 g/mol. The van der Waals surface area contributed by atoms with Gasteiger partial charge in [-0.2, -0.15) is 0 Å². The molecule has 0 radical (unpaired) electrons. The van der Waals surface area contributed by atoms with Gasteiger partial charge in [-0.3, -0.25) is 4.90 Å². The Morgan fingerprint density at radius 2 is 2.24 bits per heavy atom. The van der Waals surface area contributed by atoms with Crippen molar-refractivity contribution in [1.82, 2.24) is 10.2 Å². The zero-order valence-corrected chi connectivity index (χ0v) is 13.3. The Labute approximate surface area is 129 Å². The van der Waals surface area contributed by atoms with E-state index in [0.29, 0.717) is 12.6 Å². The van der Waals surface area contributed by atoms with Crippen molar-refractivity contribution in [2.24, 2.45) is 0 Å². The molecular formula is C17H21FN2S. The Kier molecular flexibility index (Phi) is 4.38. The van der Waals surface area contributed by atoms with Gasteiger partial charge in [-0.25, -0.2) is 4.39 Å². The van der Waals surface area contributed by atoms with E-state index in [1.165, 1.54) is 10.4 Å². The first-order chi connectivity index (χ1) is 10.2. The molecule has 3 rings (SSSR count). The second-order valence-electron chi connectivity index (χ2n) is 5.65. The predicted molar refractivity (Wildman–Crippen MR) is 86.0 cm³/mol. The predicted octanol–water partition coefficient (Wildman–Crippen LogP) is 3.73. The minimum atomic E-state index is -0.0989. The van der Waals surface area contributed by atoms with Gasteiger partial charge in [-0.05, 0) is 49.0 Å². The quantitative estimate of drug-likeness (QED) is 0.926. The second kappa shape index (κ2) is 6.26. The van der Waals surface area contributed by atoms with E-state index in [9.17, 15) is 4.39 Å². The van der Waals surface area contributed by atoms with Crippen LogP contribution in [0.3, 0.4) is 0 Å². The fourth-order valence-corrected chi connectivity index (χ4v) is 4.02. The molecule has 1 aromatic heterocycles. The van der Waals surface area contributed by atoms with Crippen molar-refractivity contribution in [3.63, 3.8) is 0 Å². The molecule has 21 heavy (non-hydrogen) atoms. The van der Waals surface area contributed by atoms with Crippen molar-refractivity contribution in [3.05, 3.63) is 57.0 Å². The molecule has 0 bridgehead atoms. The Hall–Kier alpha value is -1.23. The molecule has 1 atom stereocenters. The van der Waals surface area contributed by atoms with E-state index in [1.807, 2.05) is 30.5 Å². The van der Waals surface area contributed by atoms with E-state index in [-0.39, 0.29) is 5.82 Å². The molecule has 1 aromatic carbocycles. The highest BCUT2D eigenvalue weighted by atomic mass is 32.1. The van der Waals surface area contributed by atoms with Crippen LogP contribution in [0.25, 0.3) is 0 Å². The van der Waals surface area contributed by atoms with Crippen molar-refractivity contribution < 1.29 is 4.39 Å². The van der Waals surface area contributed by atoms with Gasteiger partial charge >= 0.3 is 0 Å². The molecule has 0 spiro atoms. The number of rotatable bonds is 4. The molecule has 1 aliphatic rings. The number of hydrogen-bond donors (Lipinski definition) is 1. The Morgan fingerprint density at radius 3 is 3.05 bits per heavy atom. The normalized spacial score (nSPS) is 18.7. The topological polar surface area (TPSA) is 15.3 Å². The Bertz CT molecular complexity index is 623. The summed E-state index contributed by atoms with van der Waals surface area (Å²) in [5, 5.41) is 5.28. The number of halogens is 1. The van der Waals surface area contributed by atoms with Crippen LogP contribution >= 0.6 is 11.3 Å². The average Bonchev–Trinajstić information content (AvgIpc) is 2.95. The first-order valence-electron chi connectivity index (χ1n) is 7.41. The van der Waals surface area contributed by atoms with Crippen LogP contribution in [-0.2, 0) is 19.5 Å². The summed E-state index contributed by atoms with van der Waals surface area (Å²) in [4.78, 5) is 3.86. The lowest BCUT2D eigenvalue weighted by molar-refractivity contribution is 0.189. The smallest absolute Gasteiger partial charge is 0.127 e. The van der Waals surface area contributed by atoms with Crippen molar-refractivity contribution in [1.29, 1.82) is 0 Å². The summed E-state index contributed by atoms with van der Waals surface area (Å²) in [6.07, 6.45) is 1.08. The fourth-order valence-electron chi connectivity index (χ4n) is 3.06. The first-order valence-corrected chi connectivity index (χ1v) is 8.29. The van der Waals surface area contributed by atoms with Crippen LogP contribution in [-0.4, -0.2) is 18.5 Å². The summed E-state index contributed by atoms with van der Waals surface area (Å²) in [5.74, 6) is -0.0989. The van der Waals surface area contributed by atoms with Gasteiger partial charge in [0.25, 0.3) is 0 Å². The van der Waals surface area contributed by atoms with E-state index in [2.05, 4.69) is 28.6 Å². The van der Waals surface area contributed by atoms with E-state index >= 15 is 0 Å². The lowest BCUT2D eigenvalue weighted by atomic mass is 10.00. The van der Waals surface area contributed by atoms with Crippen molar-refractivity contribution in [2.75, 3.05) is 13.6 Å². The molecule has 2 heterocycles. The zero-order valence-electron chi connectivity index (χ0n) is 12.5. The van der Waals surface area contributed by atoms with Crippen LogP contribution in [0.4, 0.5) is 4.39 Å². The highest BCUT2D eigenvalue weighted by molar-refractivity contribution is 7.10. The maximum atomic E-state index is 14.1. The minimum Gasteiger partial charge on any atom is -0.316 e. The van der Waals surface area contributed by atoms with Crippen molar-refractivity contribution >= 4 is 11.3 Å². The Morgan fingerprint density at radius 1 is 1.38 bits per heavy atom. The van der Waals surface area contributed by atoms with Crippen LogP contribution in [0.1, 0.15) is 34.5 Å². The van der Waals surface area contributed by atoms with Gasteiger partial charge in [-0.1, -0.05) is 12.1 Å². The molecule has 2 nitrogen and oxygen atoms in total. The van der Waals surface area contributed by atoms with Gasteiger partial charge in [0.2, 0.25) is 0 Å².